The summed E-state index contributed by atoms with van der Waals surface area (Å²) in [4.78, 5) is 42.6. The number of hydrogen-bond donors (Lipinski definition) is 1. The van der Waals surface area contributed by atoms with Gasteiger partial charge in [0.1, 0.15) is 5.75 Å². The van der Waals surface area contributed by atoms with Crippen LogP contribution < -0.4 is 16.0 Å². The van der Waals surface area contributed by atoms with E-state index < -0.39 is 5.69 Å². The molecule has 2 aromatic carbocycles. The van der Waals surface area contributed by atoms with Crippen LogP contribution in [0.15, 0.2) is 58.1 Å². The monoisotopic (exact) mass is 393 g/mol. The minimum absolute atomic E-state index is 0.0210. The molecule has 1 amide bonds. The van der Waals surface area contributed by atoms with Crippen LogP contribution >= 0.6 is 0 Å². The Labute approximate surface area is 167 Å². The number of aromatic nitrogens is 2. The van der Waals surface area contributed by atoms with Crippen molar-refractivity contribution in [3.05, 3.63) is 74.9 Å². The van der Waals surface area contributed by atoms with Crippen LogP contribution in [0.1, 0.15) is 24.4 Å². The molecule has 1 fully saturated rings. The third-order valence-electron chi connectivity index (χ3n) is 5.55. The zero-order chi connectivity index (χ0) is 20.4. The molecule has 1 aliphatic heterocycles. The molecule has 0 saturated carbocycles. The van der Waals surface area contributed by atoms with Gasteiger partial charge < -0.3 is 14.6 Å². The molecule has 1 aliphatic rings. The quantitative estimate of drug-likeness (QED) is 0.736. The summed E-state index contributed by atoms with van der Waals surface area (Å²) in [7, 11) is 1.59. The van der Waals surface area contributed by atoms with Gasteiger partial charge >= 0.3 is 5.69 Å². The number of fused-ring (bicyclic) bond motifs is 1. The van der Waals surface area contributed by atoms with Crippen LogP contribution in [0.5, 0.6) is 5.75 Å². The Morgan fingerprint density at radius 1 is 1.07 bits per heavy atom. The molecule has 0 bridgehead atoms. The maximum Gasteiger partial charge on any atom is 0.329 e. The van der Waals surface area contributed by atoms with Gasteiger partial charge in [-0.15, -0.1) is 0 Å². The van der Waals surface area contributed by atoms with Crippen molar-refractivity contribution in [2.45, 2.75) is 25.3 Å². The summed E-state index contributed by atoms with van der Waals surface area (Å²) in [6.45, 7) is 1.02. The number of piperidine rings is 1. The number of nitrogens with zero attached hydrogens (tertiary/aromatic N) is 2. The molecule has 150 valence electrons. The highest BCUT2D eigenvalue weighted by molar-refractivity contribution is 5.79. The number of para-hydroxylation sites is 2. The SMILES string of the molecule is COc1ccccc1CC(=O)N1CCC(n2c(=O)[nH]c3ccccc3c2=O)CC1. The van der Waals surface area contributed by atoms with Crippen LogP contribution in [0.3, 0.4) is 0 Å². The number of ether oxygens (including phenoxy) is 1. The van der Waals surface area contributed by atoms with Gasteiger partial charge in [0.05, 0.1) is 24.4 Å². The molecule has 1 saturated heterocycles. The fraction of sp³-hybridized carbons (Fsp3) is 0.318. The second kappa shape index (κ2) is 7.95. The van der Waals surface area contributed by atoms with Gasteiger partial charge in [0.2, 0.25) is 5.91 Å². The second-order valence-electron chi connectivity index (χ2n) is 7.25. The zero-order valence-corrected chi connectivity index (χ0v) is 16.3. The third-order valence-corrected chi connectivity index (χ3v) is 5.55. The van der Waals surface area contributed by atoms with Crippen molar-refractivity contribution in [1.29, 1.82) is 0 Å². The fourth-order valence-electron chi connectivity index (χ4n) is 4.00. The Balaban J connectivity index is 1.49. The van der Waals surface area contributed by atoms with Gasteiger partial charge in [-0.1, -0.05) is 30.3 Å². The van der Waals surface area contributed by atoms with Crippen molar-refractivity contribution in [1.82, 2.24) is 14.5 Å². The Morgan fingerprint density at radius 3 is 2.52 bits per heavy atom. The molecule has 7 nitrogen and oxygen atoms in total. The Kier molecular flexibility index (Phi) is 5.20. The number of H-pyrrole nitrogens is 1. The summed E-state index contributed by atoms with van der Waals surface area (Å²) < 4.78 is 6.63. The van der Waals surface area contributed by atoms with Crippen molar-refractivity contribution >= 4 is 16.8 Å². The van der Waals surface area contributed by atoms with E-state index in [1.165, 1.54) is 4.57 Å². The maximum atomic E-state index is 12.8. The van der Waals surface area contributed by atoms with E-state index in [9.17, 15) is 14.4 Å². The number of nitrogens with one attached hydrogen (secondary N) is 1. The smallest absolute Gasteiger partial charge is 0.329 e. The molecule has 3 aromatic rings. The molecule has 0 radical (unpaired) electrons. The van der Waals surface area contributed by atoms with Gasteiger partial charge in [-0.25, -0.2) is 4.79 Å². The van der Waals surface area contributed by atoms with Crippen molar-refractivity contribution in [3.8, 4) is 5.75 Å². The molecule has 0 unspecified atom stereocenters. The minimum Gasteiger partial charge on any atom is -0.496 e. The lowest BCUT2D eigenvalue weighted by Crippen LogP contribution is -2.45. The molecule has 7 heteroatoms. The predicted octanol–water partition coefficient (Wildman–Crippen LogP) is 2.10. The van der Waals surface area contributed by atoms with Gasteiger partial charge in [-0.05, 0) is 31.0 Å². The molecule has 0 spiro atoms. The van der Waals surface area contributed by atoms with Gasteiger partial charge in [0.15, 0.2) is 0 Å². The van der Waals surface area contributed by atoms with Gasteiger partial charge in [-0.3, -0.25) is 14.2 Å². The lowest BCUT2D eigenvalue weighted by atomic mass is 10.0. The number of hydrogen-bond acceptors (Lipinski definition) is 4. The van der Waals surface area contributed by atoms with E-state index in [1.807, 2.05) is 24.3 Å². The molecule has 0 atom stereocenters. The van der Waals surface area contributed by atoms with E-state index in [0.717, 1.165) is 5.56 Å². The summed E-state index contributed by atoms with van der Waals surface area (Å²) >= 11 is 0. The Hall–Kier alpha value is -3.35. The van der Waals surface area contributed by atoms with E-state index in [4.69, 9.17) is 4.74 Å². The molecular formula is C22H23N3O4. The van der Waals surface area contributed by atoms with Gasteiger partial charge in [0.25, 0.3) is 5.56 Å². The predicted molar refractivity (Wildman–Crippen MR) is 110 cm³/mol. The van der Waals surface area contributed by atoms with Gasteiger partial charge in [-0.2, -0.15) is 0 Å². The molecule has 1 aromatic heterocycles. The molecule has 4 rings (SSSR count). The first-order valence-corrected chi connectivity index (χ1v) is 9.71. The van der Waals surface area contributed by atoms with Crippen molar-refractivity contribution < 1.29 is 9.53 Å². The average molecular weight is 393 g/mol. The summed E-state index contributed by atoms with van der Waals surface area (Å²) in [5, 5.41) is 0.502. The van der Waals surface area contributed by atoms with Crippen LogP contribution in [-0.4, -0.2) is 40.6 Å². The first-order valence-electron chi connectivity index (χ1n) is 9.71. The average Bonchev–Trinajstić information content (AvgIpc) is 2.74. The first-order chi connectivity index (χ1) is 14.1. The van der Waals surface area contributed by atoms with Crippen LogP contribution in [0.25, 0.3) is 10.9 Å². The highest BCUT2D eigenvalue weighted by Gasteiger charge is 2.26. The third kappa shape index (κ3) is 3.68. The normalized spacial score (nSPS) is 14.9. The van der Waals surface area contributed by atoms with Crippen LogP contribution in [0.2, 0.25) is 0 Å². The highest BCUT2D eigenvalue weighted by atomic mass is 16.5. The second-order valence-corrected chi connectivity index (χ2v) is 7.25. The number of amides is 1. The first kappa shape index (κ1) is 19.0. The summed E-state index contributed by atoms with van der Waals surface area (Å²) in [6, 6.07) is 14.3. The van der Waals surface area contributed by atoms with E-state index >= 15 is 0 Å². The number of rotatable bonds is 4. The molecule has 2 heterocycles. The summed E-state index contributed by atoms with van der Waals surface area (Å²) in [5.74, 6) is 0.720. The van der Waals surface area contributed by atoms with Crippen LogP contribution in [0.4, 0.5) is 0 Å². The summed E-state index contributed by atoms with van der Waals surface area (Å²) in [6.07, 6.45) is 1.41. The number of carbonyl (C=O) groups excluding carboxylic acids is 1. The van der Waals surface area contributed by atoms with Gasteiger partial charge in [0, 0.05) is 24.7 Å². The van der Waals surface area contributed by atoms with E-state index in [0.29, 0.717) is 42.6 Å². The number of carbonyl (C=O) groups is 1. The minimum atomic E-state index is -0.396. The largest absolute Gasteiger partial charge is 0.496 e. The van der Waals surface area contributed by atoms with E-state index in [-0.39, 0.29) is 23.9 Å². The van der Waals surface area contributed by atoms with E-state index in [1.54, 1.807) is 36.3 Å². The Bertz CT molecular complexity index is 1160. The topological polar surface area (TPSA) is 84.4 Å². The van der Waals surface area contributed by atoms with E-state index in [2.05, 4.69) is 4.98 Å². The van der Waals surface area contributed by atoms with Crippen molar-refractivity contribution in [2.75, 3.05) is 20.2 Å². The number of benzene rings is 2. The zero-order valence-electron chi connectivity index (χ0n) is 16.3. The highest BCUT2D eigenvalue weighted by Crippen LogP contribution is 2.23. The van der Waals surface area contributed by atoms with Crippen LogP contribution in [-0.2, 0) is 11.2 Å². The summed E-state index contributed by atoms with van der Waals surface area (Å²) in [5.41, 5.74) is 0.725. The number of methoxy groups -OCH3 is 1. The Morgan fingerprint density at radius 2 is 1.76 bits per heavy atom. The van der Waals surface area contributed by atoms with Crippen molar-refractivity contribution in [2.24, 2.45) is 0 Å². The molecule has 1 N–H and O–H groups in total. The van der Waals surface area contributed by atoms with Crippen molar-refractivity contribution in [3.63, 3.8) is 0 Å². The van der Waals surface area contributed by atoms with Crippen LogP contribution in [0, 0.1) is 0 Å². The molecule has 0 aliphatic carbocycles. The molecular weight excluding hydrogens is 370 g/mol. The standard InChI is InChI=1S/C22H23N3O4/c1-29-19-9-5-2-6-15(19)14-20(26)24-12-10-16(11-13-24)25-21(27)17-7-3-4-8-18(17)23-22(25)28/h2-9,16H,10-14H2,1H3,(H,23,28). The lowest BCUT2D eigenvalue weighted by molar-refractivity contribution is -0.131. The lowest BCUT2D eigenvalue weighted by Gasteiger charge is -2.32. The molecule has 29 heavy (non-hydrogen) atoms. The fourth-order valence-corrected chi connectivity index (χ4v) is 4.00. The maximum absolute atomic E-state index is 12.8. The number of likely N-dealkylation sites (tertiary alicyclic amines) is 1. The number of aromatic amines is 1.